The molecule has 5 heteroatoms. The van der Waals surface area contributed by atoms with Gasteiger partial charge in [0.05, 0.1) is 6.04 Å². The number of hydrogen-bond donors (Lipinski definition) is 2. The van der Waals surface area contributed by atoms with Crippen LogP contribution in [-0.4, -0.2) is 22.9 Å². The molecule has 0 aliphatic rings. The lowest BCUT2D eigenvalue weighted by Crippen LogP contribution is -2.39. The first-order valence-corrected chi connectivity index (χ1v) is 10.8. The van der Waals surface area contributed by atoms with Crippen LogP contribution in [0.3, 0.4) is 0 Å². The Morgan fingerprint density at radius 2 is 1.61 bits per heavy atom. The third-order valence-electron chi connectivity index (χ3n) is 5.58. The fourth-order valence-corrected chi connectivity index (χ4v) is 3.86. The second kappa shape index (κ2) is 9.57. The van der Waals surface area contributed by atoms with E-state index in [-0.39, 0.29) is 17.4 Å². The highest BCUT2D eigenvalue weighted by Crippen LogP contribution is 2.36. The second-order valence-corrected chi connectivity index (χ2v) is 7.92. The van der Waals surface area contributed by atoms with E-state index in [4.69, 9.17) is 4.74 Å². The molecule has 0 bridgehead atoms. The smallest absolute Gasteiger partial charge is 0.261 e. The van der Waals surface area contributed by atoms with Crippen LogP contribution in [0.15, 0.2) is 91.0 Å². The van der Waals surface area contributed by atoms with E-state index in [0.29, 0.717) is 16.9 Å². The maximum Gasteiger partial charge on any atom is 0.261 e. The van der Waals surface area contributed by atoms with Gasteiger partial charge in [0, 0.05) is 11.1 Å². The number of ketones is 1. The van der Waals surface area contributed by atoms with Crippen molar-refractivity contribution in [2.75, 3.05) is 0 Å². The van der Waals surface area contributed by atoms with Crippen molar-refractivity contribution < 1.29 is 19.4 Å². The molecule has 0 spiro atoms. The van der Waals surface area contributed by atoms with Gasteiger partial charge >= 0.3 is 0 Å². The predicted octanol–water partition coefficient (Wildman–Crippen LogP) is 5.42. The van der Waals surface area contributed by atoms with Gasteiger partial charge in [0.1, 0.15) is 11.5 Å². The van der Waals surface area contributed by atoms with Gasteiger partial charge in [-0.25, -0.2) is 0 Å². The van der Waals surface area contributed by atoms with E-state index >= 15 is 0 Å². The largest absolute Gasteiger partial charge is 0.508 e. The lowest BCUT2D eigenvalue weighted by molar-refractivity contribution is -0.127. The second-order valence-electron chi connectivity index (χ2n) is 7.92. The molecule has 33 heavy (non-hydrogen) atoms. The molecule has 0 saturated heterocycles. The first-order chi connectivity index (χ1) is 15.9. The van der Waals surface area contributed by atoms with Gasteiger partial charge in [0.15, 0.2) is 11.9 Å². The van der Waals surface area contributed by atoms with Gasteiger partial charge in [-0.1, -0.05) is 72.8 Å². The number of rotatable bonds is 7. The minimum Gasteiger partial charge on any atom is -0.508 e. The molecule has 0 heterocycles. The summed E-state index contributed by atoms with van der Waals surface area (Å²) in [6.07, 6.45) is -0.824. The normalized spacial score (nSPS) is 12.7. The van der Waals surface area contributed by atoms with Crippen molar-refractivity contribution in [1.82, 2.24) is 5.32 Å². The molecule has 0 fully saturated rings. The van der Waals surface area contributed by atoms with Crippen molar-refractivity contribution in [3.63, 3.8) is 0 Å². The molecular weight excluding hydrogens is 414 g/mol. The first-order valence-electron chi connectivity index (χ1n) is 10.8. The highest BCUT2D eigenvalue weighted by molar-refractivity contribution is 5.94. The van der Waals surface area contributed by atoms with Gasteiger partial charge in [-0.2, -0.15) is 0 Å². The van der Waals surface area contributed by atoms with Crippen molar-refractivity contribution >= 4 is 22.5 Å². The number of phenols is 1. The molecule has 5 nitrogen and oxygen atoms in total. The van der Waals surface area contributed by atoms with E-state index in [0.717, 1.165) is 16.3 Å². The lowest BCUT2D eigenvalue weighted by Gasteiger charge is -2.24. The number of aromatic hydroxyl groups is 1. The average molecular weight is 440 g/mol. The quantitative estimate of drug-likeness (QED) is 0.377. The summed E-state index contributed by atoms with van der Waals surface area (Å²) >= 11 is 0. The maximum atomic E-state index is 13.2. The van der Waals surface area contributed by atoms with E-state index in [1.807, 2.05) is 60.7 Å². The zero-order chi connectivity index (χ0) is 23.4. The van der Waals surface area contributed by atoms with Crippen molar-refractivity contribution in [1.29, 1.82) is 0 Å². The van der Waals surface area contributed by atoms with Crippen LogP contribution in [0.2, 0.25) is 0 Å². The molecular formula is C28H25NO4. The van der Waals surface area contributed by atoms with Crippen LogP contribution < -0.4 is 10.1 Å². The molecule has 2 unspecified atom stereocenters. The van der Waals surface area contributed by atoms with E-state index in [1.165, 1.54) is 6.92 Å². The summed E-state index contributed by atoms with van der Waals surface area (Å²) in [5.41, 5.74) is 1.98. The zero-order valence-electron chi connectivity index (χ0n) is 18.5. The number of nitrogens with one attached hydrogen (secondary N) is 1. The number of fused-ring (bicyclic) bond motifs is 1. The number of phenolic OH excluding ortho intramolecular Hbond substituents is 1. The Morgan fingerprint density at radius 3 is 2.36 bits per heavy atom. The summed E-state index contributed by atoms with van der Waals surface area (Å²) in [5.74, 6) is 0.123. The van der Waals surface area contributed by atoms with E-state index < -0.39 is 12.1 Å². The van der Waals surface area contributed by atoms with Crippen molar-refractivity contribution in [3.05, 3.63) is 108 Å². The Labute approximate surface area is 192 Å². The third kappa shape index (κ3) is 4.88. The minimum absolute atomic E-state index is 0.0758. The molecule has 4 aromatic carbocycles. The lowest BCUT2D eigenvalue weighted by atomic mass is 9.92. The Bertz CT molecular complexity index is 1300. The van der Waals surface area contributed by atoms with Crippen molar-refractivity contribution in [2.45, 2.75) is 26.0 Å². The molecule has 0 aliphatic carbocycles. The van der Waals surface area contributed by atoms with Crippen molar-refractivity contribution in [3.8, 4) is 11.5 Å². The monoisotopic (exact) mass is 439 g/mol. The Morgan fingerprint density at radius 1 is 0.879 bits per heavy atom. The van der Waals surface area contributed by atoms with Gasteiger partial charge in [-0.15, -0.1) is 0 Å². The molecule has 166 valence electrons. The van der Waals surface area contributed by atoms with Crippen LogP contribution in [0, 0.1) is 0 Å². The molecule has 0 aliphatic heterocycles. The summed E-state index contributed by atoms with van der Waals surface area (Å²) in [6.45, 7) is 3.14. The zero-order valence-corrected chi connectivity index (χ0v) is 18.5. The van der Waals surface area contributed by atoms with E-state index in [9.17, 15) is 14.7 Å². The molecule has 0 saturated carbocycles. The van der Waals surface area contributed by atoms with Gasteiger partial charge in [0.2, 0.25) is 0 Å². The molecule has 4 aromatic rings. The number of benzene rings is 4. The fraction of sp³-hybridized carbons (Fsp3) is 0.143. The Kier molecular flexibility index (Phi) is 6.41. The summed E-state index contributed by atoms with van der Waals surface area (Å²) < 4.78 is 5.83. The number of ether oxygens (including phenoxy) is 1. The number of carbonyl (C=O) groups is 2. The highest BCUT2D eigenvalue weighted by Gasteiger charge is 2.25. The number of hydrogen-bond acceptors (Lipinski definition) is 4. The fourth-order valence-electron chi connectivity index (χ4n) is 3.86. The van der Waals surface area contributed by atoms with Crippen LogP contribution in [0.1, 0.15) is 41.4 Å². The van der Waals surface area contributed by atoms with E-state index in [1.54, 1.807) is 37.3 Å². The SMILES string of the molecule is CC(=O)c1cccc(OC(C)C(=O)NC(c2ccccc2)c2c(O)ccc3ccccc23)c1. The highest BCUT2D eigenvalue weighted by atomic mass is 16.5. The van der Waals surface area contributed by atoms with Gasteiger partial charge in [-0.05, 0) is 48.4 Å². The van der Waals surface area contributed by atoms with Gasteiger partial charge in [0.25, 0.3) is 5.91 Å². The molecule has 2 atom stereocenters. The third-order valence-corrected chi connectivity index (χ3v) is 5.58. The van der Waals surface area contributed by atoms with Crippen molar-refractivity contribution in [2.24, 2.45) is 0 Å². The standard InChI is InChI=1S/C28H25NO4/c1-18(30)22-12-8-13-23(17-22)33-19(2)28(32)29-27(21-10-4-3-5-11-21)26-24-14-7-6-9-20(24)15-16-25(26)31/h3-17,19,27,31H,1-2H3,(H,29,32). The molecule has 4 rings (SSSR count). The average Bonchev–Trinajstić information content (AvgIpc) is 2.83. The molecule has 1 amide bonds. The number of amides is 1. The van der Waals surface area contributed by atoms with Crippen LogP contribution in [0.4, 0.5) is 0 Å². The summed E-state index contributed by atoms with van der Waals surface area (Å²) in [6, 6.07) is 26.9. The van der Waals surface area contributed by atoms with Gasteiger partial charge < -0.3 is 15.2 Å². The summed E-state index contributed by atoms with van der Waals surface area (Å²) in [4.78, 5) is 24.8. The topological polar surface area (TPSA) is 75.6 Å². The van der Waals surface area contributed by atoms with Gasteiger partial charge in [-0.3, -0.25) is 9.59 Å². The van der Waals surface area contributed by atoms with E-state index in [2.05, 4.69) is 5.32 Å². The predicted molar refractivity (Wildman–Crippen MR) is 129 cm³/mol. The van der Waals surface area contributed by atoms with Crippen LogP contribution in [0.5, 0.6) is 11.5 Å². The summed E-state index contributed by atoms with van der Waals surface area (Å²) in [7, 11) is 0. The minimum atomic E-state index is -0.824. The van der Waals surface area contributed by atoms with Crippen LogP contribution in [0.25, 0.3) is 10.8 Å². The Hall–Kier alpha value is -4.12. The first kappa shape index (κ1) is 22.1. The van der Waals surface area contributed by atoms with Crippen LogP contribution in [-0.2, 0) is 4.79 Å². The number of carbonyl (C=O) groups excluding carboxylic acids is 2. The number of Topliss-reactive ketones (excluding diaryl/α,β-unsaturated/α-hetero) is 1. The maximum absolute atomic E-state index is 13.2. The Balaban J connectivity index is 1.66. The molecule has 0 aromatic heterocycles. The van der Waals surface area contributed by atoms with Crippen LogP contribution >= 0.6 is 0 Å². The summed E-state index contributed by atoms with van der Waals surface area (Å²) in [5, 5.41) is 15.7. The molecule has 2 N–H and O–H groups in total. The molecule has 0 radical (unpaired) electrons.